The summed E-state index contributed by atoms with van der Waals surface area (Å²) in [6.45, 7) is 5.54. The summed E-state index contributed by atoms with van der Waals surface area (Å²) in [6, 6.07) is 27.6. The fourth-order valence-corrected chi connectivity index (χ4v) is 6.52. The lowest BCUT2D eigenvalue weighted by Gasteiger charge is -2.34. The van der Waals surface area contributed by atoms with Gasteiger partial charge in [0.25, 0.3) is 10.0 Å². The minimum atomic E-state index is -4.19. The van der Waals surface area contributed by atoms with Crippen LogP contribution in [0.2, 0.25) is 0 Å². The molecule has 0 aromatic heterocycles. The molecule has 0 radical (unpaired) electrons. The molecule has 45 heavy (non-hydrogen) atoms. The van der Waals surface area contributed by atoms with Crippen molar-refractivity contribution in [1.82, 2.24) is 10.2 Å². The minimum Gasteiger partial charge on any atom is -0.354 e. The molecule has 4 aromatic rings. The van der Waals surface area contributed by atoms with Gasteiger partial charge in [-0.25, -0.2) is 12.8 Å². The van der Waals surface area contributed by atoms with Crippen LogP contribution in [-0.2, 0) is 32.6 Å². The number of halogens is 1. The fraction of sp³-hybridized carbons (Fsp3) is 0.278. The van der Waals surface area contributed by atoms with E-state index in [2.05, 4.69) is 5.32 Å². The molecule has 0 saturated heterocycles. The van der Waals surface area contributed by atoms with Crippen molar-refractivity contribution in [2.45, 2.75) is 57.5 Å². The van der Waals surface area contributed by atoms with Gasteiger partial charge in [-0.2, -0.15) is 0 Å². The number of hydrogen-bond donors (Lipinski definition) is 1. The van der Waals surface area contributed by atoms with E-state index < -0.39 is 34.3 Å². The maximum Gasteiger partial charge on any atom is 0.264 e. The third-order valence-electron chi connectivity index (χ3n) is 7.64. The van der Waals surface area contributed by atoms with Crippen LogP contribution in [0.3, 0.4) is 0 Å². The second-order valence-corrected chi connectivity index (χ2v) is 13.0. The number of nitrogens with one attached hydrogen (secondary N) is 1. The van der Waals surface area contributed by atoms with Crippen LogP contribution in [-0.4, -0.2) is 44.3 Å². The molecule has 0 bridgehead atoms. The van der Waals surface area contributed by atoms with E-state index in [1.165, 1.54) is 29.2 Å². The molecule has 0 aliphatic rings. The largest absolute Gasteiger partial charge is 0.354 e. The summed E-state index contributed by atoms with van der Waals surface area (Å²) in [5, 5.41) is 2.96. The lowest BCUT2D eigenvalue weighted by molar-refractivity contribution is -0.140. The summed E-state index contributed by atoms with van der Waals surface area (Å²) < 4.78 is 43.2. The van der Waals surface area contributed by atoms with Gasteiger partial charge < -0.3 is 10.2 Å². The highest BCUT2D eigenvalue weighted by Gasteiger charge is 2.35. The number of benzene rings is 4. The Bertz CT molecular complexity index is 1680. The third kappa shape index (κ3) is 8.79. The monoisotopic (exact) mass is 629 g/mol. The van der Waals surface area contributed by atoms with Gasteiger partial charge in [0.2, 0.25) is 11.8 Å². The van der Waals surface area contributed by atoms with Gasteiger partial charge in [0.1, 0.15) is 18.4 Å². The van der Waals surface area contributed by atoms with Crippen molar-refractivity contribution in [3.8, 4) is 0 Å². The molecule has 1 N–H and O–H groups in total. The molecule has 4 aromatic carbocycles. The van der Waals surface area contributed by atoms with Crippen molar-refractivity contribution in [3.05, 3.63) is 131 Å². The summed E-state index contributed by atoms with van der Waals surface area (Å²) in [5.74, 6) is -1.33. The van der Waals surface area contributed by atoms with Crippen LogP contribution in [0.4, 0.5) is 10.1 Å². The number of unbranched alkanes of at least 4 members (excludes halogenated alkanes) is 1. The van der Waals surface area contributed by atoms with Crippen molar-refractivity contribution < 1.29 is 22.4 Å². The topological polar surface area (TPSA) is 86.8 Å². The fourth-order valence-electron chi connectivity index (χ4n) is 5.04. The van der Waals surface area contributed by atoms with Crippen molar-refractivity contribution in [2.24, 2.45) is 0 Å². The smallest absolute Gasteiger partial charge is 0.264 e. The number of amides is 2. The molecule has 0 aliphatic carbocycles. The Kier molecular flexibility index (Phi) is 11.5. The summed E-state index contributed by atoms with van der Waals surface area (Å²) >= 11 is 0. The molecular weight excluding hydrogens is 589 g/mol. The van der Waals surface area contributed by atoms with Crippen LogP contribution < -0.4 is 9.62 Å². The zero-order valence-corrected chi connectivity index (χ0v) is 26.8. The molecule has 0 spiro atoms. The van der Waals surface area contributed by atoms with E-state index in [0.717, 1.165) is 28.3 Å². The predicted octanol–water partition coefficient (Wildman–Crippen LogP) is 6.19. The zero-order chi connectivity index (χ0) is 32.4. The van der Waals surface area contributed by atoms with Crippen LogP contribution in [0.5, 0.6) is 0 Å². The average Bonchev–Trinajstić information content (AvgIpc) is 3.03. The maximum absolute atomic E-state index is 14.5. The first-order valence-electron chi connectivity index (χ1n) is 15.1. The molecule has 7 nitrogen and oxygen atoms in total. The van der Waals surface area contributed by atoms with Crippen molar-refractivity contribution in [2.75, 3.05) is 17.4 Å². The third-order valence-corrected chi connectivity index (χ3v) is 9.41. The Morgan fingerprint density at radius 1 is 0.822 bits per heavy atom. The highest BCUT2D eigenvalue weighted by molar-refractivity contribution is 7.92. The zero-order valence-electron chi connectivity index (χ0n) is 25.9. The van der Waals surface area contributed by atoms with Gasteiger partial charge in [-0.1, -0.05) is 91.7 Å². The Hall–Kier alpha value is -4.50. The van der Waals surface area contributed by atoms with Gasteiger partial charge >= 0.3 is 0 Å². The van der Waals surface area contributed by atoms with E-state index in [1.807, 2.05) is 44.2 Å². The number of aryl methyl sites for hydroxylation is 2. The highest BCUT2D eigenvalue weighted by atomic mass is 32.2. The lowest BCUT2D eigenvalue weighted by atomic mass is 10.0. The Labute approximate surface area is 265 Å². The van der Waals surface area contributed by atoms with Crippen LogP contribution in [0.1, 0.15) is 42.0 Å². The molecule has 0 heterocycles. The molecule has 9 heteroatoms. The molecule has 1 unspecified atom stereocenters. The molecule has 0 aliphatic heterocycles. The lowest BCUT2D eigenvalue weighted by Crippen LogP contribution is -2.53. The van der Waals surface area contributed by atoms with Gasteiger partial charge in [0.15, 0.2) is 0 Å². The SMILES string of the molecule is CCCCNC(=O)C(Cc1ccccc1)N(Cc1ccc(F)cc1)C(=O)CN(c1ccccc1C)S(=O)(=O)c1ccc(C)cc1. The van der Waals surface area contributed by atoms with E-state index >= 15 is 0 Å². The number of anilines is 1. The number of hydrogen-bond acceptors (Lipinski definition) is 4. The number of carbonyl (C=O) groups is 2. The quantitative estimate of drug-likeness (QED) is 0.169. The minimum absolute atomic E-state index is 0.0238. The number of sulfonamides is 1. The molecular formula is C36H40FN3O4S. The molecule has 0 saturated carbocycles. The molecule has 4 rings (SSSR count). The number of nitrogens with zero attached hydrogens (tertiary/aromatic N) is 2. The summed E-state index contributed by atoms with van der Waals surface area (Å²) in [5.41, 5.74) is 3.38. The van der Waals surface area contributed by atoms with Gasteiger partial charge in [-0.3, -0.25) is 13.9 Å². The van der Waals surface area contributed by atoms with Crippen LogP contribution in [0.15, 0.2) is 108 Å². The van der Waals surface area contributed by atoms with Crippen molar-refractivity contribution >= 4 is 27.5 Å². The Morgan fingerprint density at radius 3 is 2.11 bits per heavy atom. The number of para-hydroxylation sites is 1. The van der Waals surface area contributed by atoms with Gasteiger partial charge in [0.05, 0.1) is 10.6 Å². The summed E-state index contributed by atoms with van der Waals surface area (Å²) in [4.78, 5) is 29.7. The van der Waals surface area contributed by atoms with E-state index in [9.17, 15) is 22.4 Å². The maximum atomic E-state index is 14.5. The van der Waals surface area contributed by atoms with E-state index in [1.54, 1.807) is 55.5 Å². The Balaban J connectivity index is 1.79. The first-order chi connectivity index (χ1) is 21.6. The first kappa shape index (κ1) is 33.4. The van der Waals surface area contributed by atoms with Gasteiger partial charge in [-0.15, -0.1) is 0 Å². The van der Waals surface area contributed by atoms with Crippen LogP contribution >= 0.6 is 0 Å². The normalized spacial score (nSPS) is 11.9. The number of carbonyl (C=O) groups excluding carboxylic acids is 2. The summed E-state index contributed by atoms with van der Waals surface area (Å²) in [7, 11) is -4.19. The van der Waals surface area contributed by atoms with E-state index in [-0.39, 0.29) is 23.8 Å². The highest BCUT2D eigenvalue weighted by Crippen LogP contribution is 2.28. The van der Waals surface area contributed by atoms with Gasteiger partial charge in [0, 0.05) is 19.5 Å². The second kappa shape index (κ2) is 15.5. The number of rotatable bonds is 14. The molecule has 236 valence electrons. The van der Waals surface area contributed by atoms with E-state index in [0.29, 0.717) is 23.4 Å². The average molecular weight is 630 g/mol. The summed E-state index contributed by atoms with van der Waals surface area (Å²) in [6.07, 6.45) is 1.86. The first-order valence-corrected chi connectivity index (χ1v) is 16.5. The standard InChI is InChI=1S/C36H40FN3O4S/c1-4-5-23-38-36(42)34(24-29-12-7-6-8-13-29)39(25-30-17-19-31(37)20-18-30)35(41)26-40(33-14-10-9-11-28(33)3)45(43,44)32-21-15-27(2)16-22-32/h6-22,34H,4-5,23-26H2,1-3H3,(H,38,42). The van der Waals surface area contributed by atoms with Gasteiger partial charge in [-0.05, 0) is 67.3 Å². The molecule has 1 atom stereocenters. The predicted molar refractivity (Wildman–Crippen MR) is 176 cm³/mol. The second-order valence-electron chi connectivity index (χ2n) is 11.1. The van der Waals surface area contributed by atoms with Crippen LogP contribution in [0.25, 0.3) is 0 Å². The van der Waals surface area contributed by atoms with Crippen LogP contribution in [0, 0.1) is 19.7 Å². The van der Waals surface area contributed by atoms with E-state index in [4.69, 9.17) is 0 Å². The van der Waals surface area contributed by atoms with Crippen molar-refractivity contribution in [3.63, 3.8) is 0 Å². The molecule has 0 fully saturated rings. The van der Waals surface area contributed by atoms with Crippen molar-refractivity contribution in [1.29, 1.82) is 0 Å². The molecule has 2 amide bonds. The Morgan fingerprint density at radius 2 is 1.47 bits per heavy atom.